The molecule has 6 heteroatoms. The first-order chi connectivity index (χ1) is 16.5. The number of hydrogen-bond acceptors (Lipinski definition) is 3. The van der Waals surface area contributed by atoms with Crippen molar-refractivity contribution in [1.29, 1.82) is 0 Å². The third-order valence-corrected chi connectivity index (χ3v) is 6.67. The lowest BCUT2D eigenvalue weighted by atomic mass is 10.1. The van der Waals surface area contributed by atoms with E-state index in [2.05, 4.69) is 45.1 Å². The van der Waals surface area contributed by atoms with Gasteiger partial charge in [0.15, 0.2) is 0 Å². The molecular formula is C28H30BrN3O2. The first kappa shape index (κ1) is 24.2. The van der Waals surface area contributed by atoms with E-state index >= 15 is 0 Å². The third-order valence-electron chi connectivity index (χ3n) is 6.17. The van der Waals surface area contributed by atoms with Crippen molar-refractivity contribution in [2.75, 3.05) is 31.1 Å². The molecule has 0 atom stereocenters. The predicted octanol–water partition coefficient (Wildman–Crippen LogP) is 5.35. The molecule has 34 heavy (non-hydrogen) atoms. The fourth-order valence-corrected chi connectivity index (χ4v) is 4.84. The van der Waals surface area contributed by atoms with Gasteiger partial charge < -0.3 is 9.80 Å². The lowest BCUT2D eigenvalue weighted by Crippen LogP contribution is -2.38. The molecule has 0 bridgehead atoms. The van der Waals surface area contributed by atoms with Gasteiger partial charge in [0.1, 0.15) is 0 Å². The number of hydrogen-bond donors (Lipinski definition) is 0. The molecule has 0 spiro atoms. The fourth-order valence-electron chi connectivity index (χ4n) is 4.44. The Hall–Kier alpha value is -2.96. The minimum Gasteiger partial charge on any atom is -0.333 e. The smallest absolute Gasteiger partial charge is 0.254 e. The molecule has 0 aliphatic carbocycles. The molecule has 2 amide bonds. The summed E-state index contributed by atoms with van der Waals surface area (Å²) >= 11 is 3.49. The Labute approximate surface area is 210 Å². The SMILES string of the molecule is CC(=O)N1CCCN(Cc2ccccc2)CCN(C(=O)c2cccc(Br)c2)Cc2ccccc21. The standard InChI is InChI=1S/C28H30BrN3O2/c1-22(33)32-16-8-15-30(20-23-9-3-2-4-10-23)17-18-31(21-25-11-5-6-14-27(25)32)28(34)24-12-7-13-26(29)19-24/h2-7,9-14,19H,8,15-18,20-21H2,1H3. The minimum atomic E-state index is -0.00983. The molecule has 3 aromatic carbocycles. The number of amides is 2. The van der Waals surface area contributed by atoms with Crippen LogP contribution in [-0.2, 0) is 17.9 Å². The van der Waals surface area contributed by atoms with Gasteiger partial charge >= 0.3 is 0 Å². The summed E-state index contributed by atoms with van der Waals surface area (Å²) in [4.78, 5) is 32.3. The number of fused-ring (bicyclic) bond motifs is 1. The maximum atomic E-state index is 13.6. The molecular weight excluding hydrogens is 490 g/mol. The number of rotatable bonds is 3. The van der Waals surface area contributed by atoms with E-state index in [9.17, 15) is 9.59 Å². The van der Waals surface area contributed by atoms with Crippen molar-refractivity contribution in [3.8, 4) is 0 Å². The average Bonchev–Trinajstić information content (AvgIpc) is 2.87. The lowest BCUT2D eigenvalue weighted by molar-refractivity contribution is -0.116. The highest BCUT2D eigenvalue weighted by molar-refractivity contribution is 9.10. The van der Waals surface area contributed by atoms with Crippen LogP contribution < -0.4 is 4.90 Å². The van der Waals surface area contributed by atoms with E-state index in [-0.39, 0.29) is 11.8 Å². The van der Waals surface area contributed by atoms with Gasteiger partial charge in [-0.15, -0.1) is 0 Å². The van der Waals surface area contributed by atoms with E-state index < -0.39 is 0 Å². The van der Waals surface area contributed by atoms with Crippen LogP contribution in [0.15, 0.2) is 83.3 Å². The number of carbonyl (C=O) groups is 2. The number of halogens is 1. The van der Waals surface area contributed by atoms with Gasteiger partial charge in [0.25, 0.3) is 5.91 Å². The van der Waals surface area contributed by atoms with Gasteiger partial charge in [-0.05, 0) is 41.8 Å². The minimum absolute atomic E-state index is 0.00983. The summed E-state index contributed by atoms with van der Waals surface area (Å²) in [6.07, 6.45) is 0.861. The highest BCUT2D eigenvalue weighted by atomic mass is 79.9. The van der Waals surface area contributed by atoms with Crippen LogP contribution in [0.3, 0.4) is 0 Å². The molecule has 3 aromatic rings. The van der Waals surface area contributed by atoms with Gasteiger partial charge in [0.2, 0.25) is 5.91 Å². The molecule has 0 N–H and O–H groups in total. The molecule has 1 aliphatic heterocycles. The molecule has 0 fully saturated rings. The molecule has 5 nitrogen and oxygen atoms in total. The van der Waals surface area contributed by atoms with Crippen molar-refractivity contribution in [2.24, 2.45) is 0 Å². The summed E-state index contributed by atoms with van der Waals surface area (Å²) in [6, 6.07) is 25.9. The van der Waals surface area contributed by atoms with Crippen molar-refractivity contribution in [3.63, 3.8) is 0 Å². The van der Waals surface area contributed by atoms with Gasteiger partial charge in [0.05, 0.1) is 0 Å². The molecule has 176 valence electrons. The number of benzene rings is 3. The van der Waals surface area contributed by atoms with E-state index in [0.717, 1.165) is 41.8 Å². The molecule has 0 saturated carbocycles. The highest BCUT2D eigenvalue weighted by Gasteiger charge is 2.23. The number of para-hydroxylation sites is 1. The van der Waals surface area contributed by atoms with Gasteiger partial charge in [-0.3, -0.25) is 14.5 Å². The van der Waals surface area contributed by atoms with E-state index in [4.69, 9.17) is 0 Å². The van der Waals surface area contributed by atoms with Gasteiger partial charge in [0, 0.05) is 61.9 Å². The molecule has 4 rings (SSSR count). The summed E-state index contributed by atoms with van der Waals surface area (Å²) in [7, 11) is 0. The summed E-state index contributed by atoms with van der Waals surface area (Å²) in [5.41, 5.74) is 3.77. The molecule has 0 unspecified atom stereocenters. The zero-order chi connectivity index (χ0) is 23.9. The van der Waals surface area contributed by atoms with Crippen molar-refractivity contribution < 1.29 is 9.59 Å². The van der Waals surface area contributed by atoms with E-state index in [1.807, 2.05) is 64.4 Å². The summed E-state index contributed by atoms with van der Waals surface area (Å²) in [5.74, 6) is 0.00978. The van der Waals surface area contributed by atoms with Crippen molar-refractivity contribution in [3.05, 3.63) is 100 Å². The first-order valence-electron chi connectivity index (χ1n) is 11.7. The lowest BCUT2D eigenvalue weighted by Gasteiger charge is -2.28. The van der Waals surface area contributed by atoms with Crippen LogP contribution in [0.1, 0.15) is 34.8 Å². The highest BCUT2D eigenvalue weighted by Crippen LogP contribution is 2.25. The Kier molecular flexibility index (Phi) is 8.14. The van der Waals surface area contributed by atoms with Crippen LogP contribution in [-0.4, -0.2) is 47.8 Å². The Balaban J connectivity index is 1.66. The predicted molar refractivity (Wildman–Crippen MR) is 140 cm³/mol. The van der Waals surface area contributed by atoms with Crippen LogP contribution in [0.4, 0.5) is 5.69 Å². The third kappa shape index (κ3) is 6.13. The molecule has 0 saturated heterocycles. The largest absolute Gasteiger partial charge is 0.333 e. The number of carbonyl (C=O) groups excluding carboxylic acids is 2. The Morgan fingerprint density at radius 2 is 1.62 bits per heavy atom. The monoisotopic (exact) mass is 519 g/mol. The Bertz CT molecular complexity index is 1140. The Morgan fingerprint density at radius 1 is 0.853 bits per heavy atom. The fraction of sp³-hybridized carbons (Fsp3) is 0.286. The van der Waals surface area contributed by atoms with Crippen LogP contribution in [0.25, 0.3) is 0 Å². The van der Waals surface area contributed by atoms with Crippen molar-refractivity contribution in [1.82, 2.24) is 9.80 Å². The van der Waals surface area contributed by atoms with Crippen LogP contribution in [0.5, 0.6) is 0 Å². The number of anilines is 1. The maximum absolute atomic E-state index is 13.6. The van der Waals surface area contributed by atoms with Crippen molar-refractivity contribution >= 4 is 33.4 Å². The second kappa shape index (κ2) is 11.4. The van der Waals surface area contributed by atoms with E-state index in [0.29, 0.717) is 25.2 Å². The van der Waals surface area contributed by atoms with Crippen LogP contribution in [0, 0.1) is 0 Å². The van der Waals surface area contributed by atoms with E-state index in [1.165, 1.54) is 5.56 Å². The molecule has 1 aliphatic rings. The quantitative estimate of drug-likeness (QED) is 0.468. The van der Waals surface area contributed by atoms with Gasteiger partial charge in [-0.1, -0.05) is 70.5 Å². The zero-order valence-corrected chi connectivity index (χ0v) is 21.1. The molecule has 0 aromatic heterocycles. The maximum Gasteiger partial charge on any atom is 0.254 e. The second-order valence-electron chi connectivity index (χ2n) is 8.65. The summed E-state index contributed by atoms with van der Waals surface area (Å²) in [6.45, 7) is 5.74. The zero-order valence-electron chi connectivity index (χ0n) is 19.5. The second-order valence-corrected chi connectivity index (χ2v) is 9.57. The van der Waals surface area contributed by atoms with Gasteiger partial charge in [-0.25, -0.2) is 0 Å². The number of nitrogens with zero attached hydrogens (tertiary/aromatic N) is 3. The first-order valence-corrected chi connectivity index (χ1v) is 12.5. The Morgan fingerprint density at radius 3 is 2.38 bits per heavy atom. The van der Waals surface area contributed by atoms with Crippen LogP contribution >= 0.6 is 15.9 Å². The van der Waals surface area contributed by atoms with E-state index in [1.54, 1.807) is 6.92 Å². The van der Waals surface area contributed by atoms with Crippen molar-refractivity contribution in [2.45, 2.75) is 26.4 Å². The van der Waals surface area contributed by atoms with Gasteiger partial charge in [-0.2, -0.15) is 0 Å². The molecule has 1 heterocycles. The summed E-state index contributed by atoms with van der Waals surface area (Å²) < 4.78 is 0.880. The van der Waals surface area contributed by atoms with Crippen LogP contribution in [0.2, 0.25) is 0 Å². The topological polar surface area (TPSA) is 43.9 Å². The normalized spacial score (nSPS) is 15.4. The summed E-state index contributed by atoms with van der Waals surface area (Å²) in [5, 5.41) is 0. The average molecular weight is 520 g/mol. The molecule has 0 radical (unpaired) electrons.